The Balaban J connectivity index is 1.69. The van der Waals surface area contributed by atoms with Crippen molar-refractivity contribution < 1.29 is 23.7 Å². The second kappa shape index (κ2) is 8.16. The van der Waals surface area contributed by atoms with Crippen LogP contribution >= 0.6 is 0 Å². The van der Waals surface area contributed by atoms with Gasteiger partial charge < -0.3 is 19.3 Å². The molecule has 0 aliphatic rings. The van der Waals surface area contributed by atoms with E-state index >= 15 is 0 Å². The predicted octanol–water partition coefficient (Wildman–Crippen LogP) is 3.05. The number of carbonyl (C=O) groups excluding carboxylic acids is 1. The highest BCUT2D eigenvalue weighted by Gasteiger charge is 2.18. The first-order valence-electron chi connectivity index (χ1n) is 8.12. The van der Waals surface area contributed by atoms with Gasteiger partial charge in [0.05, 0.1) is 17.6 Å². The number of esters is 1. The van der Waals surface area contributed by atoms with Gasteiger partial charge in [-0.2, -0.15) is 4.98 Å². The molecule has 0 aliphatic carbocycles. The first-order valence-corrected chi connectivity index (χ1v) is 8.12. The third-order valence-corrected chi connectivity index (χ3v) is 3.82. The van der Waals surface area contributed by atoms with Crippen LogP contribution in [0.5, 0.6) is 5.75 Å². The van der Waals surface area contributed by atoms with Crippen molar-refractivity contribution in [2.45, 2.75) is 6.61 Å². The van der Waals surface area contributed by atoms with E-state index < -0.39 is 10.9 Å². The van der Waals surface area contributed by atoms with Crippen molar-refractivity contribution in [3.63, 3.8) is 0 Å². The molecule has 0 radical (unpaired) electrons. The summed E-state index contributed by atoms with van der Waals surface area (Å²) in [5.74, 6) is 0.306. The van der Waals surface area contributed by atoms with Crippen LogP contribution in [0.1, 0.15) is 16.2 Å². The number of hydrogen-bond donors (Lipinski definition) is 1. The van der Waals surface area contributed by atoms with Crippen LogP contribution in [0.3, 0.4) is 0 Å². The second-order valence-electron chi connectivity index (χ2n) is 5.56. The number of methoxy groups -OCH3 is 1. The third-order valence-electron chi connectivity index (χ3n) is 3.82. The quantitative estimate of drug-likeness (QED) is 0.371. The van der Waals surface area contributed by atoms with Gasteiger partial charge in [0.1, 0.15) is 11.4 Å². The maximum Gasteiger partial charge on any atom is 0.338 e. The number of nitro benzene ring substituents is 1. The van der Waals surface area contributed by atoms with Gasteiger partial charge in [-0.1, -0.05) is 17.3 Å². The highest BCUT2D eigenvalue weighted by Crippen LogP contribution is 2.26. The first kappa shape index (κ1) is 18.8. The molecule has 1 aromatic heterocycles. The standard InChI is InChI=1S/C18H16N4O6/c1-19-14-7-6-12(9-15(14)22(24)25)18(23)27-10-16-20-17(21-28-16)11-4-3-5-13(8-11)26-2/h3-9,19H,10H2,1-2H3. The van der Waals surface area contributed by atoms with Crippen molar-refractivity contribution in [1.29, 1.82) is 0 Å². The summed E-state index contributed by atoms with van der Waals surface area (Å²) in [4.78, 5) is 26.9. The Morgan fingerprint density at radius 1 is 1.29 bits per heavy atom. The fourth-order valence-electron chi connectivity index (χ4n) is 2.42. The van der Waals surface area contributed by atoms with E-state index in [2.05, 4.69) is 15.5 Å². The Hall–Kier alpha value is -3.95. The molecule has 0 spiro atoms. The normalized spacial score (nSPS) is 10.4. The number of nitro groups is 1. The van der Waals surface area contributed by atoms with Gasteiger partial charge >= 0.3 is 5.97 Å². The van der Waals surface area contributed by atoms with Gasteiger partial charge in [0.25, 0.3) is 11.6 Å². The average Bonchev–Trinajstić information content (AvgIpc) is 3.20. The highest BCUT2D eigenvalue weighted by atomic mass is 16.6. The van der Waals surface area contributed by atoms with Gasteiger partial charge in [-0.15, -0.1) is 0 Å². The van der Waals surface area contributed by atoms with E-state index in [-0.39, 0.29) is 23.7 Å². The first-order chi connectivity index (χ1) is 13.5. The SMILES string of the molecule is CNc1ccc(C(=O)OCc2nc(-c3cccc(OC)c3)no2)cc1[N+](=O)[O-]. The molecular weight excluding hydrogens is 368 g/mol. The van der Waals surface area contributed by atoms with Crippen molar-refractivity contribution in [2.24, 2.45) is 0 Å². The van der Waals surface area contributed by atoms with E-state index in [1.165, 1.54) is 12.1 Å². The Morgan fingerprint density at radius 2 is 2.11 bits per heavy atom. The summed E-state index contributed by atoms with van der Waals surface area (Å²) < 4.78 is 15.3. The Kier molecular flexibility index (Phi) is 5.49. The molecule has 0 aliphatic heterocycles. The highest BCUT2D eigenvalue weighted by molar-refractivity contribution is 5.91. The minimum atomic E-state index is -0.744. The van der Waals surface area contributed by atoms with Gasteiger partial charge in [-0.25, -0.2) is 4.79 Å². The summed E-state index contributed by atoms with van der Waals surface area (Å²) in [6.07, 6.45) is 0. The van der Waals surface area contributed by atoms with Crippen molar-refractivity contribution in [2.75, 3.05) is 19.5 Å². The lowest BCUT2D eigenvalue weighted by Crippen LogP contribution is -2.07. The fraction of sp³-hybridized carbons (Fsp3) is 0.167. The van der Waals surface area contributed by atoms with Crippen molar-refractivity contribution in [3.8, 4) is 17.1 Å². The summed E-state index contributed by atoms with van der Waals surface area (Å²) in [6, 6.07) is 11.1. The molecule has 1 N–H and O–H groups in total. The smallest absolute Gasteiger partial charge is 0.338 e. The molecule has 3 rings (SSSR count). The van der Waals surface area contributed by atoms with E-state index in [4.69, 9.17) is 14.0 Å². The summed E-state index contributed by atoms with van der Waals surface area (Å²) in [7, 11) is 3.10. The number of rotatable bonds is 7. The Labute approximate surface area is 159 Å². The third kappa shape index (κ3) is 4.06. The van der Waals surface area contributed by atoms with Gasteiger partial charge in [0.2, 0.25) is 5.82 Å². The maximum atomic E-state index is 12.2. The largest absolute Gasteiger partial charge is 0.497 e. The number of benzene rings is 2. The zero-order valence-electron chi connectivity index (χ0n) is 15.0. The molecule has 0 unspecified atom stereocenters. The average molecular weight is 384 g/mol. The molecule has 0 saturated carbocycles. The second-order valence-corrected chi connectivity index (χ2v) is 5.56. The zero-order chi connectivity index (χ0) is 20.1. The predicted molar refractivity (Wildman–Crippen MR) is 98.0 cm³/mol. The van der Waals surface area contributed by atoms with Crippen molar-refractivity contribution >= 4 is 17.3 Å². The Bertz CT molecular complexity index is 1020. The molecule has 10 heteroatoms. The number of ether oxygens (including phenoxy) is 2. The van der Waals surface area contributed by atoms with Crippen LogP contribution in [0, 0.1) is 10.1 Å². The molecule has 3 aromatic rings. The van der Waals surface area contributed by atoms with Crippen molar-refractivity contribution in [3.05, 3.63) is 64.0 Å². The van der Waals surface area contributed by atoms with Crippen LogP contribution in [0.25, 0.3) is 11.4 Å². The van der Waals surface area contributed by atoms with E-state index in [1.54, 1.807) is 38.4 Å². The Morgan fingerprint density at radius 3 is 2.82 bits per heavy atom. The molecule has 2 aromatic carbocycles. The lowest BCUT2D eigenvalue weighted by molar-refractivity contribution is -0.384. The number of anilines is 1. The monoisotopic (exact) mass is 384 g/mol. The van der Waals surface area contributed by atoms with E-state index in [0.29, 0.717) is 22.8 Å². The molecule has 10 nitrogen and oxygen atoms in total. The molecule has 0 saturated heterocycles. The van der Waals surface area contributed by atoms with Gasteiger partial charge in [-0.3, -0.25) is 10.1 Å². The van der Waals surface area contributed by atoms with Crippen LogP contribution < -0.4 is 10.1 Å². The lowest BCUT2D eigenvalue weighted by Gasteiger charge is -2.05. The van der Waals surface area contributed by atoms with Crippen LogP contribution in [0.4, 0.5) is 11.4 Å². The fourth-order valence-corrected chi connectivity index (χ4v) is 2.42. The van der Waals surface area contributed by atoms with E-state index in [0.717, 1.165) is 6.07 Å². The molecule has 0 atom stereocenters. The maximum absolute atomic E-state index is 12.2. The molecular formula is C18H16N4O6. The molecule has 0 fully saturated rings. The molecule has 1 heterocycles. The van der Waals surface area contributed by atoms with Crippen LogP contribution in [0.15, 0.2) is 47.0 Å². The molecule has 0 amide bonds. The zero-order valence-corrected chi connectivity index (χ0v) is 15.0. The van der Waals surface area contributed by atoms with Gasteiger partial charge in [0, 0.05) is 18.7 Å². The van der Waals surface area contributed by atoms with Crippen LogP contribution in [-0.2, 0) is 11.3 Å². The van der Waals surface area contributed by atoms with Gasteiger partial charge in [-0.05, 0) is 24.3 Å². The number of hydrogen-bond acceptors (Lipinski definition) is 9. The number of nitrogens with zero attached hydrogens (tertiary/aromatic N) is 3. The van der Waals surface area contributed by atoms with Crippen LogP contribution in [0.2, 0.25) is 0 Å². The molecule has 28 heavy (non-hydrogen) atoms. The van der Waals surface area contributed by atoms with E-state index in [9.17, 15) is 14.9 Å². The topological polar surface area (TPSA) is 130 Å². The number of aromatic nitrogens is 2. The van der Waals surface area contributed by atoms with Gasteiger partial charge in [0.15, 0.2) is 6.61 Å². The molecule has 144 valence electrons. The summed E-state index contributed by atoms with van der Waals surface area (Å²) in [5, 5.41) is 17.6. The summed E-state index contributed by atoms with van der Waals surface area (Å²) in [5.41, 5.74) is 0.786. The minimum absolute atomic E-state index is 0.0400. The summed E-state index contributed by atoms with van der Waals surface area (Å²) >= 11 is 0. The lowest BCUT2D eigenvalue weighted by atomic mass is 10.1. The number of nitrogens with one attached hydrogen (secondary N) is 1. The number of carbonyl (C=O) groups is 1. The molecule has 0 bridgehead atoms. The van der Waals surface area contributed by atoms with Crippen molar-refractivity contribution in [1.82, 2.24) is 10.1 Å². The summed E-state index contributed by atoms with van der Waals surface area (Å²) in [6.45, 7) is -0.266. The van der Waals surface area contributed by atoms with Crippen LogP contribution in [-0.4, -0.2) is 35.2 Å². The van der Waals surface area contributed by atoms with E-state index in [1.807, 2.05) is 0 Å². The minimum Gasteiger partial charge on any atom is -0.497 e.